The molecule has 0 saturated heterocycles. The maximum Gasteiger partial charge on any atom is 0.311 e. The Balaban J connectivity index is 0.000000500. The molecule has 3 rings (SSSR count). The lowest BCUT2D eigenvalue weighted by molar-refractivity contribution is -0.135. The monoisotopic (exact) mass is 405 g/mol. The van der Waals surface area contributed by atoms with E-state index < -0.39 is 10.1 Å². The second kappa shape index (κ2) is 9.66. The summed E-state index contributed by atoms with van der Waals surface area (Å²) in [5, 5.41) is 9.87. The van der Waals surface area contributed by atoms with Gasteiger partial charge >= 0.3 is 5.97 Å². The third-order valence-electron chi connectivity index (χ3n) is 4.69. The molecule has 0 radical (unpaired) electrons. The zero-order valence-corrected chi connectivity index (χ0v) is 16.6. The van der Waals surface area contributed by atoms with Gasteiger partial charge in [0.15, 0.2) is 0 Å². The maximum absolute atomic E-state index is 12.3. The van der Waals surface area contributed by atoms with Crippen LogP contribution in [-0.2, 0) is 14.9 Å². The maximum atomic E-state index is 12.3. The van der Waals surface area contributed by atoms with Crippen molar-refractivity contribution < 1.29 is 22.5 Å². The number of ether oxygens (including phenoxy) is 1. The van der Waals surface area contributed by atoms with Crippen molar-refractivity contribution in [2.75, 3.05) is 6.26 Å². The largest absolute Gasteiger partial charge is 0.748 e. The first-order valence-electron chi connectivity index (χ1n) is 9.07. The van der Waals surface area contributed by atoms with Gasteiger partial charge in [-0.2, -0.15) is 0 Å². The minimum atomic E-state index is -3.92. The summed E-state index contributed by atoms with van der Waals surface area (Å²) in [6.07, 6.45) is 4.96. The summed E-state index contributed by atoms with van der Waals surface area (Å²) in [6, 6.07) is 13.6. The summed E-state index contributed by atoms with van der Waals surface area (Å²) in [5.74, 6) is 0.692. The van der Waals surface area contributed by atoms with Gasteiger partial charge in [0.1, 0.15) is 5.75 Å². The van der Waals surface area contributed by atoms with E-state index in [-0.39, 0.29) is 23.6 Å². The number of nitrogens with two attached hydrogens (primary N) is 1. The highest BCUT2D eigenvalue weighted by Gasteiger charge is 2.29. The van der Waals surface area contributed by atoms with Crippen molar-refractivity contribution in [3.63, 3.8) is 0 Å². The topological polar surface area (TPSA) is 133 Å². The molecule has 0 spiro atoms. The number of hydrogen-bond acceptors (Lipinski definition) is 6. The highest BCUT2D eigenvalue weighted by atomic mass is 32.2. The number of esters is 1. The van der Waals surface area contributed by atoms with Crippen LogP contribution in [0, 0.1) is 17.2 Å². The number of hydrogen-bond donors (Lipinski definition) is 2. The lowest BCUT2D eigenvalue weighted by Crippen LogP contribution is -2.33. The standard InChI is InChI=1S/C19H22N2O2.CH4O3S/c20-19(21)17-8-4-3-7-15(17)12-18(22)23-16-10-9-13-5-1-2-6-14(13)11-16;1-5(2,3)4/h1-2,5-6,9-11,15,17H,3-4,7-8,12H2,(H3,20,21);1H3,(H,2,3,4)/p-1. The lowest BCUT2D eigenvalue weighted by atomic mass is 9.77. The Kier molecular flexibility index (Phi) is 7.53. The number of benzene rings is 2. The third kappa shape index (κ3) is 7.28. The fourth-order valence-electron chi connectivity index (χ4n) is 3.48. The van der Waals surface area contributed by atoms with E-state index in [9.17, 15) is 4.79 Å². The van der Waals surface area contributed by atoms with Crippen LogP contribution in [0.1, 0.15) is 32.1 Å². The van der Waals surface area contributed by atoms with Crippen molar-refractivity contribution >= 4 is 32.7 Å². The second-order valence-corrected chi connectivity index (χ2v) is 8.41. The third-order valence-corrected chi connectivity index (χ3v) is 4.69. The number of carbonyl (C=O) groups is 1. The summed E-state index contributed by atoms with van der Waals surface area (Å²) in [7, 11) is -3.92. The summed E-state index contributed by atoms with van der Waals surface area (Å²) in [6.45, 7) is 0. The highest BCUT2D eigenvalue weighted by Crippen LogP contribution is 2.33. The minimum absolute atomic E-state index is 0.0212. The summed E-state index contributed by atoms with van der Waals surface area (Å²) < 4.78 is 32.7. The fourth-order valence-corrected chi connectivity index (χ4v) is 3.48. The zero-order chi connectivity index (χ0) is 20.7. The molecule has 1 fully saturated rings. The van der Waals surface area contributed by atoms with E-state index >= 15 is 0 Å². The van der Waals surface area contributed by atoms with Crippen molar-refractivity contribution in [1.82, 2.24) is 0 Å². The Morgan fingerprint density at radius 1 is 1.18 bits per heavy atom. The van der Waals surface area contributed by atoms with E-state index in [0.717, 1.165) is 36.5 Å². The van der Waals surface area contributed by atoms with Gasteiger partial charge < -0.3 is 15.0 Å². The van der Waals surface area contributed by atoms with Crippen LogP contribution >= 0.6 is 0 Å². The van der Waals surface area contributed by atoms with E-state index in [1.807, 2.05) is 42.5 Å². The molecule has 2 atom stereocenters. The van der Waals surface area contributed by atoms with E-state index in [0.29, 0.717) is 18.4 Å². The molecule has 3 N–H and O–H groups in total. The van der Waals surface area contributed by atoms with E-state index in [4.69, 9.17) is 28.9 Å². The average molecular weight is 405 g/mol. The van der Waals surface area contributed by atoms with Crippen LogP contribution in [0.15, 0.2) is 42.5 Å². The van der Waals surface area contributed by atoms with Crippen molar-refractivity contribution in [2.24, 2.45) is 17.6 Å². The van der Waals surface area contributed by atoms with E-state index in [1.165, 1.54) is 0 Å². The van der Waals surface area contributed by atoms with Crippen LogP contribution in [-0.4, -0.2) is 31.0 Å². The number of carbonyl (C=O) groups excluding carboxylic acids is 1. The van der Waals surface area contributed by atoms with Crippen LogP contribution < -0.4 is 10.5 Å². The summed E-state index contributed by atoms with van der Waals surface area (Å²) >= 11 is 0. The predicted octanol–water partition coefficient (Wildman–Crippen LogP) is 3.04. The predicted molar refractivity (Wildman–Crippen MR) is 107 cm³/mol. The molecule has 8 heteroatoms. The van der Waals surface area contributed by atoms with Crippen LogP contribution in [0.2, 0.25) is 0 Å². The van der Waals surface area contributed by atoms with Gasteiger partial charge in [0, 0.05) is 18.6 Å². The minimum Gasteiger partial charge on any atom is -0.748 e. The fraction of sp³-hybridized carbons (Fsp3) is 0.400. The van der Waals surface area contributed by atoms with Gasteiger partial charge in [-0.05, 0) is 41.7 Å². The molecule has 0 bridgehead atoms. The lowest BCUT2D eigenvalue weighted by Gasteiger charge is -2.29. The second-order valence-electron chi connectivity index (χ2n) is 7.00. The SMILES string of the molecule is CS(=O)(=O)[O-].N=C(N)C1CCCCC1CC(=O)Oc1ccc2ccccc2c1. The normalized spacial score (nSPS) is 19.4. The van der Waals surface area contributed by atoms with E-state index in [1.54, 1.807) is 0 Å². The molecule has 1 aliphatic rings. The molecule has 1 aliphatic carbocycles. The van der Waals surface area contributed by atoms with Crippen molar-refractivity contribution in [1.29, 1.82) is 5.41 Å². The molecule has 2 aromatic rings. The van der Waals surface area contributed by atoms with Crippen molar-refractivity contribution in [2.45, 2.75) is 32.1 Å². The van der Waals surface area contributed by atoms with Gasteiger partial charge in [0.05, 0.1) is 16.0 Å². The van der Waals surface area contributed by atoms with Gasteiger partial charge in [-0.3, -0.25) is 10.2 Å². The molecular formula is C20H25N2O5S-. The Morgan fingerprint density at radius 3 is 2.43 bits per heavy atom. The molecule has 0 aromatic heterocycles. The number of amidine groups is 1. The molecule has 0 amide bonds. The molecule has 1 saturated carbocycles. The van der Waals surface area contributed by atoms with Crippen LogP contribution in [0.3, 0.4) is 0 Å². The Hall–Kier alpha value is -2.45. The average Bonchev–Trinajstić information content (AvgIpc) is 2.60. The number of rotatable bonds is 4. The number of nitrogens with one attached hydrogen (secondary N) is 1. The molecule has 0 heterocycles. The zero-order valence-electron chi connectivity index (χ0n) is 15.8. The molecule has 28 heavy (non-hydrogen) atoms. The van der Waals surface area contributed by atoms with Crippen LogP contribution in [0.5, 0.6) is 5.75 Å². The highest BCUT2D eigenvalue weighted by molar-refractivity contribution is 7.84. The molecule has 0 aliphatic heterocycles. The Labute approximate surface area is 165 Å². The molecule has 2 aromatic carbocycles. The molecule has 152 valence electrons. The van der Waals surface area contributed by atoms with Crippen LogP contribution in [0.25, 0.3) is 10.8 Å². The molecular weight excluding hydrogens is 380 g/mol. The Bertz CT molecular complexity index is 935. The quantitative estimate of drug-likeness (QED) is 0.264. The van der Waals surface area contributed by atoms with Gasteiger partial charge in [0.2, 0.25) is 0 Å². The van der Waals surface area contributed by atoms with Crippen molar-refractivity contribution in [3.05, 3.63) is 42.5 Å². The van der Waals surface area contributed by atoms with Gasteiger partial charge in [-0.15, -0.1) is 0 Å². The smallest absolute Gasteiger partial charge is 0.311 e. The first-order chi connectivity index (χ1) is 13.1. The van der Waals surface area contributed by atoms with Gasteiger partial charge in [-0.1, -0.05) is 43.2 Å². The molecule has 2 unspecified atom stereocenters. The first-order valence-corrected chi connectivity index (χ1v) is 10.9. The number of fused-ring (bicyclic) bond motifs is 1. The van der Waals surface area contributed by atoms with Crippen LogP contribution in [0.4, 0.5) is 0 Å². The molecule has 7 nitrogen and oxygen atoms in total. The summed E-state index contributed by atoms with van der Waals surface area (Å²) in [4.78, 5) is 12.3. The Morgan fingerprint density at radius 2 is 1.79 bits per heavy atom. The van der Waals surface area contributed by atoms with Gasteiger partial charge in [-0.25, -0.2) is 8.42 Å². The summed E-state index contributed by atoms with van der Waals surface area (Å²) in [5.41, 5.74) is 5.68. The van der Waals surface area contributed by atoms with E-state index in [2.05, 4.69) is 0 Å². The first kappa shape index (κ1) is 21.8. The van der Waals surface area contributed by atoms with Crippen molar-refractivity contribution in [3.8, 4) is 5.75 Å². The van der Waals surface area contributed by atoms with Gasteiger partial charge in [0.25, 0.3) is 0 Å².